The summed E-state index contributed by atoms with van der Waals surface area (Å²) in [4.78, 5) is 0. The van der Waals surface area contributed by atoms with Gasteiger partial charge >= 0.3 is 0 Å². The standard InChI is InChI=1S/C45H54O8Si/c1-43(2,3)54(34-23-13-7-14-24-34,35-25-15-8-16-26-35)48-31-38-39(46)40-41(42(47-4)49-38)53-45(30-18-28-37(51-45)33-21-11-6-12-22-33)44(52-40)29-17-27-36(50-44)32-19-9-5-10-20-32/h5-16,19-26,36-42,46H,17-18,27-31H2,1-4H3/t36-,37-,38-,39-,40+,41-,42+,44-,45-/m1/s1. The summed E-state index contributed by atoms with van der Waals surface area (Å²) in [6, 6.07) is 41.5. The molecule has 8 rings (SSSR count). The summed E-state index contributed by atoms with van der Waals surface area (Å²) in [6.07, 6.45) is -0.333. The highest BCUT2D eigenvalue weighted by molar-refractivity contribution is 6.99. The predicted molar refractivity (Wildman–Crippen MR) is 209 cm³/mol. The number of hydrogen-bond donors (Lipinski definition) is 1. The van der Waals surface area contributed by atoms with Crippen molar-refractivity contribution in [3.8, 4) is 0 Å². The molecule has 0 radical (unpaired) electrons. The number of methoxy groups -OCH3 is 1. The summed E-state index contributed by atoms with van der Waals surface area (Å²) in [7, 11) is -1.34. The Morgan fingerprint density at radius 2 is 1.09 bits per heavy atom. The second-order valence-electron chi connectivity index (χ2n) is 16.2. The SMILES string of the molecule is CO[C@H]1O[C@H](CO[Si](c2ccccc2)(c2ccccc2)C(C)(C)C)[C@@H](O)[C@@H]2O[C@]3(CCC[C@H](c4ccccc4)O3)[C@@]3(CCC[C@H](c4ccccc4)O3)O[C@@H]12. The fourth-order valence-corrected chi connectivity index (χ4v) is 13.9. The first-order valence-corrected chi connectivity index (χ1v) is 21.5. The van der Waals surface area contributed by atoms with Gasteiger partial charge in [0, 0.05) is 20.0 Å². The van der Waals surface area contributed by atoms with Gasteiger partial charge in [0.25, 0.3) is 8.32 Å². The number of rotatable bonds is 8. The van der Waals surface area contributed by atoms with Crippen molar-refractivity contribution in [3.05, 3.63) is 132 Å². The van der Waals surface area contributed by atoms with Crippen LogP contribution in [0.25, 0.3) is 0 Å². The number of aliphatic hydroxyl groups excluding tert-OH is 1. The molecule has 4 heterocycles. The molecule has 4 aromatic carbocycles. The molecule has 4 aromatic rings. The zero-order chi connectivity index (χ0) is 37.4. The minimum Gasteiger partial charge on any atom is -0.405 e. The van der Waals surface area contributed by atoms with Crippen LogP contribution in [0.5, 0.6) is 0 Å². The van der Waals surface area contributed by atoms with Crippen molar-refractivity contribution in [2.45, 2.75) is 119 Å². The molecule has 0 saturated carbocycles. The van der Waals surface area contributed by atoms with Crippen LogP contribution in [0.15, 0.2) is 121 Å². The molecule has 0 amide bonds. The van der Waals surface area contributed by atoms with E-state index < -0.39 is 50.6 Å². The average Bonchev–Trinajstić information content (AvgIpc) is 3.21. The maximum Gasteiger partial charge on any atom is 0.261 e. The van der Waals surface area contributed by atoms with Gasteiger partial charge in [-0.3, -0.25) is 0 Å². The van der Waals surface area contributed by atoms with E-state index in [2.05, 4.69) is 93.6 Å². The van der Waals surface area contributed by atoms with Gasteiger partial charge in [0.2, 0.25) is 11.6 Å². The predicted octanol–water partition coefficient (Wildman–Crippen LogP) is 7.36. The minimum atomic E-state index is -2.94. The lowest BCUT2D eigenvalue weighted by molar-refractivity contribution is -0.521. The number of fused-ring (bicyclic) bond motifs is 2. The fourth-order valence-electron chi connectivity index (χ4n) is 9.34. The smallest absolute Gasteiger partial charge is 0.261 e. The largest absolute Gasteiger partial charge is 0.405 e. The summed E-state index contributed by atoms with van der Waals surface area (Å²) < 4.78 is 48.7. The van der Waals surface area contributed by atoms with Crippen LogP contribution in [0, 0.1) is 0 Å². The molecule has 4 saturated heterocycles. The molecule has 54 heavy (non-hydrogen) atoms. The Labute approximate surface area is 320 Å². The fraction of sp³-hybridized carbons (Fsp3) is 0.467. The van der Waals surface area contributed by atoms with Crippen molar-refractivity contribution in [1.82, 2.24) is 0 Å². The Hall–Kier alpha value is -3.22. The van der Waals surface area contributed by atoms with Crippen LogP contribution < -0.4 is 10.4 Å². The van der Waals surface area contributed by atoms with Gasteiger partial charge in [-0.25, -0.2) is 0 Å². The van der Waals surface area contributed by atoms with Gasteiger partial charge in [-0.05, 0) is 52.2 Å². The van der Waals surface area contributed by atoms with E-state index in [9.17, 15) is 5.11 Å². The normalized spacial score (nSPS) is 33.0. The van der Waals surface area contributed by atoms with Crippen LogP contribution in [0.3, 0.4) is 0 Å². The molecule has 286 valence electrons. The average molecular weight is 751 g/mol. The first-order chi connectivity index (χ1) is 26.2. The van der Waals surface area contributed by atoms with E-state index in [-0.39, 0.29) is 23.9 Å². The molecule has 9 heteroatoms. The molecule has 4 fully saturated rings. The monoisotopic (exact) mass is 750 g/mol. The van der Waals surface area contributed by atoms with E-state index in [0.717, 1.165) is 47.2 Å². The van der Waals surface area contributed by atoms with Crippen LogP contribution in [0.2, 0.25) is 5.04 Å². The van der Waals surface area contributed by atoms with Crippen molar-refractivity contribution >= 4 is 18.7 Å². The third-order valence-corrected chi connectivity index (χ3v) is 16.9. The quantitative estimate of drug-likeness (QED) is 0.187. The molecular weight excluding hydrogens is 697 g/mol. The first kappa shape index (κ1) is 37.7. The zero-order valence-electron chi connectivity index (χ0n) is 31.8. The summed E-state index contributed by atoms with van der Waals surface area (Å²) in [5, 5.41) is 14.4. The van der Waals surface area contributed by atoms with Crippen molar-refractivity contribution < 1.29 is 38.0 Å². The second-order valence-corrected chi connectivity index (χ2v) is 20.5. The molecule has 2 spiro atoms. The number of benzene rings is 4. The van der Waals surface area contributed by atoms with Gasteiger partial charge in [-0.2, -0.15) is 0 Å². The van der Waals surface area contributed by atoms with Gasteiger partial charge in [0.05, 0.1) is 18.8 Å². The summed E-state index contributed by atoms with van der Waals surface area (Å²) in [5.74, 6) is -2.56. The van der Waals surface area contributed by atoms with Gasteiger partial charge in [0.1, 0.15) is 24.4 Å². The Morgan fingerprint density at radius 3 is 1.54 bits per heavy atom. The molecule has 0 aliphatic carbocycles. The molecule has 4 aliphatic heterocycles. The maximum atomic E-state index is 12.4. The van der Waals surface area contributed by atoms with E-state index in [1.54, 1.807) is 7.11 Å². The number of ether oxygens (including phenoxy) is 6. The summed E-state index contributed by atoms with van der Waals surface area (Å²) in [6.45, 7) is 6.84. The van der Waals surface area contributed by atoms with Crippen molar-refractivity contribution in [2.75, 3.05) is 13.7 Å². The lowest BCUT2D eigenvalue weighted by Gasteiger charge is -2.62. The molecular formula is C45H54O8Si. The Bertz CT molecular complexity index is 1770. The van der Waals surface area contributed by atoms with Crippen molar-refractivity contribution in [2.24, 2.45) is 0 Å². The van der Waals surface area contributed by atoms with E-state index in [1.165, 1.54) is 0 Å². The molecule has 4 aliphatic rings. The third-order valence-electron chi connectivity index (χ3n) is 11.9. The Balaban J connectivity index is 1.14. The van der Waals surface area contributed by atoms with E-state index in [1.807, 2.05) is 48.5 Å². The molecule has 0 unspecified atom stereocenters. The van der Waals surface area contributed by atoms with Crippen molar-refractivity contribution in [1.29, 1.82) is 0 Å². The van der Waals surface area contributed by atoms with E-state index >= 15 is 0 Å². The van der Waals surface area contributed by atoms with Crippen LogP contribution in [-0.2, 0) is 32.8 Å². The van der Waals surface area contributed by atoms with Crippen LogP contribution >= 0.6 is 0 Å². The Kier molecular flexibility index (Phi) is 10.7. The maximum absolute atomic E-state index is 12.4. The van der Waals surface area contributed by atoms with Gasteiger partial charge in [0.15, 0.2) is 6.29 Å². The molecule has 8 nitrogen and oxygen atoms in total. The highest BCUT2D eigenvalue weighted by Crippen LogP contribution is 2.56. The van der Waals surface area contributed by atoms with Crippen LogP contribution in [0.4, 0.5) is 0 Å². The highest BCUT2D eigenvalue weighted by atomic mass is 28.4. The van der Waals surface area contributed by atoms with Crippen LogP contribution in [0.1, 0.15) is 82.6 Å². The first-order valence-electron chi connectivity index (χ1n) is 19.6. The third kappa shape index (κ3) is 6.71. The van der Waals surface area contributed by atoms with E-state index in [4.69, 9.17) is 32.8 Å². The summed E-state index contributed by atoms with van der Waals surface area (Å²) in [5.41, 5.74) is 2.16. The van der Waals surface area contributed by atoms with Gasteiger partial charge < -0.3 is 38.0 Å². The highest BCUT2D eigenvalue weighted by Gasteiger charge is 2.69. The number of aliphatic hydroxyl groups is 1. The lowest BCUT2D eigenvalue weighted by atomic mass is 9.83. The topological polar surface area (TPSA) is 84.8 Å². The molecule has 1 N–H and O–H groups in total. The molecule has 0 bridgehead atoms. The minimum absolute atomic E-state index is 0.124. The molecule has 0 aromatic heterocycles. The lowest BCUT2D eigenvalue weighted by Crippen LogP contribution is -2.76. The zero-order valence-corrected chi connectivity index (χ0v) is 32.8. The second kappa shape index (κ2) is 15.4. The number of hydrogen-bond acceptors (Lipinski definition) is 8. The van der Waals surface area contributed by atoms with Gasteiger partial charge in [-0.1, -0.05) is 142 Å². The van der Waals surface area contributed by atoms with Crippen molar-refractivity contribution in [3.63, 3.8) is 0 Å². The Morgan fingerprint density at radius 1 is 0.648 bits per heavy atom. The van der Waals surface area contributed by atoms with E-state index in [0.29, 0.717) is 12.8 Å². The molecule has 9 atom stereocenters. The van der Waals surface area contributed by atoms with Crippen LogP contribution in [-0.4, -0.2) is 69.4 Å². The van der Waals surface area contributed by atoms with Gasteiger partial charge in [-0.15, -0.1) is 0 Å². The summed E-state index contributed by atoms with van der Waals surface area (Å²) >= 11 is 0.